The molecule has 0 bridgehead atoms. The van der Waals surface area contributed by atoms with Crippen LogP contribution in [-0.2, 0) is 22.1 Å². The zero-order valence-electron chi connectivity index (χ0n) is 17.6. The van der Waals surface area contributed by atoms with Gasteiger partial charge in [-0.15, -0.1) is 0 Å². The van der Waals surface area contributed by atoms with Crippen LogP contribution in [0.4, 0.5) is 13.2 Å². The van der Waals surface area contributed by atoms with Crippen molar-refractivity contribution in [3.05, 3.63) is 107 Å². The predicted molar refractivity (Wildman–Crippen MR) is 115 cm³/mol. The second-order valence-electron chi connectivity index (χ2n) is 7.22. The van der Waals surface area contributed by atoms with Gasteiger partial charge in [0.25, 0.3) is 5.91 Å². The molecule has 0 saturated heterocycles. The van der Waals surface area contributed by atoms with E-state index in [2.05, 4.69) is 5.32 Å². The Hall–Kier alpha value is -3.94. The number of ketones is 1. The van der Waals surface area contributed by atoms with Gasteiger partial charge in [0.1, 0.15) is 6.04 Å². The molecule has 0 aliphatic heterocycles. The first-order chi connectivity index (χ1) is 15.7. The van der Waals surface area contributed by atoms with Gasteiger partial charge in [-0.3, -0.25) is 9.59 Å². The van der Waals surface area contributed by atoms with E-state index in [0.717, 1.165) is 19.2 Å². The number of halogens is 3. The standard InChI is InChI=1S/C25H20F3NO4/c1-33-24(32)21(29-23(31)19-8-5-9-20(15-19)25(26,27)28)14-16-10-12-18(13-11-16)22(30)17-6-3-2-4-7-17/h2-13,15,21H,14H2,1H3,(H,29,31)/t21-/m0/s1. The number of esters is 1. The number of amides is 1. The lowest BCUT2D eigenvalue weighted by atomic mass is 9.99. The van der Waals surface area contributed by atoms with Crippen molar-refractivity contribution in [2.24, 2.45) is 0 Å². The molecule has 1 amide bonds. The summed E-state index contributed by atoms with van der Waals surface area (Å²) >= 11 is 0. The Balaban J connectivity index is 1.74. The van der Waals surface area contributed by atoms with Gasteiger partial charge in [0.15, 0.2) is 5.78 Å². The van der Waals surface area contributed by atoms with Crippen LogP contribution in [0.5, 0.6) is 0 Å². The number of hydrogen-bond acceptors (Lipinski definition) is 4. The van der Waals surface area contributed by atoms with Gasteiger partial charge >= 0.3 is 12.1 Å². The third kappa shape index (κ3) is 6.06. The van der Waals surface area contributed by atoms with Gasteiger partial charge in [-0.1, -0.05) is 60.7 Å². The molecule has 1 N–H and O–H groups in total. The Kier molecular flexibility index (Phi) is 7.27. The second-order valence-corrected chi connectivity index (χ2v) is 7.22. The Bertz CT molecular complexity index is 1140. The van der Waals surface area contributed by atoms with Gasteiger partial charge in [0.05, 0.1) is 12.7 Å². The van der Waals surface area contributed by atoms with Crippen molar-refractivity contribution in [3.8, 4) is 0 Å². The summed E-state index contributed by atoms with van der Waals surface area (Å²) in [4.78, 5) is 37.2. The summed E-state index contributed by atoms with van der Waals surface area (Å²) in [6, 6.07) is 18.0. The molecular weight excluding hydrogens is 435 g/mol. The third-order valence-corrected chi connectivity index (χ3v) is 4.94. The molecule has 0 fully saturated rings. The minimum absolute atomic E-state index is 0.0250. The SMILES string of the molecule is COC(=O)[C@H](Cc1ccc(C(=O)c2ccccc2)cc1)NC(=O)c1cccc(C(F)(F)F)c1. The highest BCUT2D eigenvalue weighted by Gasteiger charge is 2.31. The van der Waals surface area contributed by atoms with Crippen LogP contribution in [0.3, 0.4) is 0 Å². The maximum absolute atomic E-state index is 12.9. The zero-order chi connectivity index (χ0) is 24.0. The monoisotopic (exact) mass is 455 g/mol. The van der Waals surface area contributed by atoms with Crippen LogP contribution in [-0.4, -0.2) is 30.8 Å². The van der Waals surface area contributed by atoms with Crippen molar-refractivity contribution >= 4 is 17.7 Å². The summed E-state index contributed by atoms with van der Waals surface area (Å²) in [7, 11) is 1.15. The smallest absolute Gasteiger partial charge is 0.416 e. The normalized spacial score (nSPS) is 12.0. The van der Waals surface area contributed by atoms with Crippen LogP contribution in [0.1, 0.15) is 37.4 Å². The van der Waals surface area contributed by atoms with Crippen molar-refractivity contribution in [2.75, 3.05) is 7.11 Å². The number of methoxy groups -OCH3 is 1. The number of hydrogen-bond donors (Lipinski definition) is 1. The predicted octanol–water partition coefficient (Wildman–Crippen LogP) is 4.45. The maximum atomic E-state index is 12.9. The van der Waals surface area contributed by atoms with Crippen molar-refractivity contribution in [1.29, 1.82) is 0 Å². The molecule has 5 nitrogen and oxygen atoms in total. The van der Waals surface area contributed by atoms with Crippen molar-refractivity contribution < 1.29 is 32.3 Å². The van der Waals surface area contributed by atoms with Crippen molar-refractivity contribution in [3.63, 3.8) is 0 Å². The highest BCUT2D eigenvalue weighted by Crippen LogP contribution is 2.29. The topological polar surface area (TPSA) is 72.5 Å². The van der Waals surface area contributed by atoms with Gasteiger partial charge in [-0.05, 0) is 23.8 Å². The minimum atomic E-state index is -4.60. The van der Waals surface area contributed by atoms with Gasteiger partial charge < -0.3 is 10.1 Å². The molecule has 0 heterocycles. The summed E-state index contributed by atoms with van der Waals surface area (Å²) in [6.07, 6.45) is -4.58. The fraction of sp³-hybridized carbons (Fsp3) is 0.160. The molecule has 33 heavy (non-hydrogen) atoms. The van der Waals surface area contributed by atoms with E-state index in [0.29, 0.717) is 22.8 Å². The molecule has 170 valence electrons. The van der Waals surface area contributed by atoms with E-state index in [9.17, 15) is 27.6 Å². The quantitative estimate of drug-likeness (QED) is 0.422. The molecule has 0 spiro atoms. The minimum Gasteiger partial charge on any atom is -0.467 e. The van der Waals surface area contributed by atoms with Crippen LogP contribution in [0, 0.1) is 0 Å². The highest BCUT2D eigenvalue weighted by atomic mass is 19.4. The average molecular weight is 455 g/mol. The van der Waals surface area contributed by atoms with Crippen LogP contribution in [0.15, 0.2) is 78.9 Å². The molecule has 0 aromatic heterocycles. The Morgan fingerprint density at radius 1 is 0.848 bits per heavy atom. The number of alkyl halides is 3. The highest BCUT2D eigenvalue weighted by molar-refractivity contribution is 6.08. The van der Waals surface area contributed by atoms with Crippen LogP contribution in [0.2, 0.25) is 0 Å². The average Bonchev–Trinajstić information content (AvgIpc) is 2.83. The van der Waals surface area contributed by atoms with Crippen LogP contribution in [0.25, 0.3) is 0 Å². The first-order valence-corrected chi connectivity index (χ1v) is 9.93. The van der Waals surface area contributed by atoms with Gasteiger partial charge in [0.2, 0.25) is 0 Å². The number of nitrogens with one attached hydrogen (secondary N) is 1. The largest absolute Gasteiger partial charge is 0.467 e. The molecule has 3 aromatic carbocycles. The number of carbonyl (C=O) groups excluding carboxylic acids is 3. The van der Waals surface area contributed by atoms with E-state index in [1.807, 2.05) is 0 Å². The number of carbonyl (C=O) groups is 3. The summed E-state index contributed by atoms with van der Waals surface area (Å²) in [5.74, 6) is -1.75. The number of ether oxygens (including phenoxy) is 1. The van der Waals surface area contributed by atoms with E-state index >= 15 is 0 Å². The number of rotatable bonds is 7. The van der Waals surface area contributed by atoms with E-state index < -0.39 is 29.7 Å². The molecule has 0 aliphatic carbocycles. The lowest BCUT2D eigenvalue weighted by Gasteiger charge is -2.17. The Morgan fingerprint density at radius 3 is 2.06 bits per heavy atom. The van der Waals surface area contributed by atoms with Crippen LogP contribution < -0.4 is 5.32 Å². The lowest BCUT2D eigenvalue weighted by Crippen LogP contribution is -2.43. The summed E-state index contributed by atoms with van der Waals surface area (Å²) < 4.78 is 43.5. The van der Waals surface area contributed by atoms with E-state index in [-0.39, 0.29) is 17.8 Å². The molecular formula is C25H20F3NO4. The molecule has 3 aromatic rings. The van der Waals surface area contributed by atoms with E-state index in [1.165, 1.54) is 6.07 Å². The van der Waals surface area contributed by atoms with Crippen molar-refractivity contribution in [2.45, 2.75) is 18.6 Å². The number of benzene rings is 3. The second kappa shape index (κ2) is 10.1. The zero-order valence-corrected chi connectivity index (χ0v) is 17.6. The van der Waals surface area contributed by atoms with Gasteiger partial charge in [0, 0.05) is 23.1 Å². The Morgan fingerprint density at radius 2 is 1.45 bits per heavy atom. The molecule has 3 rings (SSSR count). The fourth-order valence-electron chi connectivity index (χ4n) is 3.20. The Labute approximate surface area is 188 Å². The molecule has 0 saturated carbocycles. The summed E-state index contributed by atoms with van der Waals surface area (Å²) in [6.45, 7) is 0. The van der Waals surface area contributed by atoms with Crippen LogP contribution >= 0.6 is 0 Å². The van der Waals surface area contributed by atoms with E-state index in [1.54, 1.807) is 54.6 Å². The molecule has 0 radical (unpaired) electrons. The molecule has 8 heteroatoms. The maximum Gasteiger partial charge on any atom is 0.416 e. The first kappa shape index (κ1) is 23.7. The van der Waals surface area contributed by atoms with Gasteiger partial charge in [-0.25, -0.2) is 4.79 Å². The van der Waals surface area contributed by atoms with Crippen molar-refractivity contribution in [1.82, 2.24) is 5.32 Å². The third-order valence-electron chi connectivity index (χ3n) is 4.94. The van der Waals surface area contributed by atoms with E-state index in [4.69, 9.17) is 4.74 Å². The fourth-order valence-corrected chi connectivity index (χ4v) is 3.20. The first-order valence-electron chi connectivity index (χ1n) is 9.93. The van der Waals surface area contributed by atoms with Gasteiger partial charge in [-0.2, -0.15) is 13.2 Å². The molecule has 0 unspecified atom stereocenters. The summed E-state index contributed by atoms with van der Waals surface area (Å²) in [5, 5.41) is 2.43. The molecule has 0 aliphatic rings. The summed E-state index contributed by atoms with van der Waals surface area (Å²) in [5.41, 5.74) is 0.406. The lowest BCUT2D eigenvalue weighted by molar-refractivity contribution is -0.143. The molecule has 1 atom stereocenters.